The number of nitrogens with zero attached hydrogens (tertiary/aromatic N) is 4. The number of aromatic nitrogens is 2. The van der Waals surface area contributed by atoms with Gasteiger partial charge in [0.15, 0.2) is 5.82 Å². The van der Waals surface area contributed by atoms with Crippen LogP contribution in [0.25, 0.3) is 22.2 Å². The van der Waals surface area contributed by atoms with Crippen LogP contribution in [0.15, 0.2) is 72.8 Å². The van der Waals surface area contributed by atoms with Crippen LogP contribution in [0.2, 0.25) is 0 Å². The first-order valence-corrected chi connectivity index (χ1v) is 12.7. The van der Waals surface area contributed by atoms with Gasteiger partial charge in [0.1, 0.15) is 17.4 Å². The van der Waals surface area contributed by atoms with Crippen molar-refractivity contribution in [2.75, 3.05) is 49.5 Å². The summed E-state index contributed by atoms with van der Waals surface area (Å²) in [6.45, 7) is 4.95. The van der Waals surface area contributed by atoms with Crippen molar-refractivity contribution in [3.63, 3.8) is 0 Å². The molecule has 0 bridgehead atoms. The minimum atomic E-state index is -0.0736. The zero-order valence-corrected chi connectivity index (χ0v) is 21.2. The Balaban J connectivity index is 1.30. The first-order valence-electron chi connectivity index (χ1n) is 12.7. The van der Waals surface area contributed by atoms with E-state index in [4.69, 9.17) is 4.98 Å². The fourth-order valence-electron chi connectivity index (χ4n) is 4.52. The standard InChI is InChI=1S/C29H30N6O3/c1-20(36)30-11-12-31-26-19-27(33-28(32-26)21-5-3-2-4-6-21)34-13-15-35(16-14-34)29(38)24-8-7-23-18-25(37)10-9-22(23)17-24/h2-10,17-19,37H,11-16H2,1H3,(H,30,36)(H,31,32,33). The van der Waals surface area contributed by atoms with Gasteiger partial charge in [-0.3, -0.25) is 9.59 Å². The summed E-state index contributed by atoms with van der Waals surface area (Å²) in [5, 5.41) is 17.6. The summed E-state index contributed by atoms with van der Waals surface area (Å²) in [4.78, 5) is 38.0. The van der Waals surface area contributed by atoms with Crippen molar-refractivity contribution in [1.29, 1.82) is 0 Å². The third kappa shape index (κ3) is 5.83. The van der Waals surface area contributed by atoms with Crippen LogP contribution >= 0.6 is 0 Å². The Morgan fingerprint density at radius 1 is 0.868 bits per heavy atom. The SMILES string of the molecule is CC(=O)NCCNc1cc(N2CCN(C(=O)c3ccc4cc(O)ccc4c3)CC2)nc(-c2ccccc2)n1. The number of hydrogen-bond acceptors (Lipinski definition) is 7. The molecule has 0 atom stereocenters. The maximum Gasteiger partial charge on any atom is 0.253 e. The van der Waals surface area contributed by atoms with E-state index in [0.29, 0.717) is 56.5 Å². The van der Waals surface area contributed by atoms with Gasteiger partial charge in [0.2, 0.25) is 5.91 Å². The van der Waals surface area contributed by atoms with E-state index in [2.05, 4.69) is 20.5 Å². The number of benzene rings is 3. The number of hydrogen-bond donors (Lipinski definition) is 3. The van der Waals surface area contributed by atoms with Crippen LogP contribution in [0, 0.1) is 0 Å². The number of carbonyl (C=O) groups is 2. The van der Waals surface area contributed by atoms with Crippen molar-refractivity contribution < 1.29 is 14.7 Å². The molecule has 1 aromatic heterocycles. The Hall–Kier alpha value is -4.66. The van der Waals surface area contributed by atoms with E-state index in [1.807, 2.05) is 65.6 Å². The van der Waals surface area contributed by atoms with E-state index in [9.17, 15) is 14.7 Å². The zero-order chi connectivity index (χ0) is 26.5. The summed E-state index contributed by atoms with van der Waals surface area (Å²) in [6.07, 6.45) is 0. The number of phenolic OH excluding ortho intramolecular Hbond substituents is 1. The lowest BCUT2D eigenvalue weighted by molar-refractivity contribution is -0.118. The molecule has 9 nitrogen and oxygen atoms in total. The quantitative estimate of drug-likeness (QED) is 0.326. The van der Waals surface area contributed by atoms with Gasteiger partial charge in [-0.2, -0.15) is 0 Å². The average Bonchev–Trinajstić information content (AvgIpc) is 2.95. The van der Waals surface area contributed by atoms with Crippen LogP contribution in [0.5, 0.6) is 5.75 Å². The number of nitrogens with one attached hydrogen (secondary N) is 2. The first kappa shape index (κ1) is 25.0. The Morgan fingerprint density at radius 3 is 2.37 bits per heavy atom. The summed E-state index contributed by atoms with van der Waals surface area (Å²) < 4.78 is 0. The van der Waals surface area contributed by atoms with E-state index >= 15 is 0 Å². The number of carbonyl (C=O) groups excluding carboxylic acids is 2. The molecular weight excluding hydrogens is 480 g/mol. The highest BCUT2D eigenvalue weighted by Crippen LogP contribution is 2.25. The van der Waals surface area contributed by atoms with E-state index in [0.717, 1.165) is 22.2 Å². The molecule has 2 amide bonds. The van der Waals surface area contributed by atoms with Gasteiger partial charge >= 0.3 is 0 Å². The monoisotopic (exact) mass is 510 g/mol. The number of fused-ring (bicyclic) bond motifs is 1. The lowest BCUT2D eigenvalue weighted by Crippen LogP contribution is -2.49. The van der Waals surface area contributed by atoms with Gasteiger partial charge in [-0.05, 0) is 35.0 Å². The smallest absolute Gasteiger partial charge is 0.253 e. The molecule has 1 aliphatic heterocycles. The Bertz CT molecular complexity index is 1450. The molecule has 0 saturated carbocycles. The molecule has 1 aliphatic rings. The fourth-order valence-corrected chi connectivity index (χ4v) is 4.52. The van der Waals surface area contributed by atoms with Crippen molar-refractivity contribution >= 4 is 34.2 Å². The third-order valence-electron chi connectivity index (χ3n) is 6.51. The Labute approximate surface area is 221 Å². The predicted octanol–water partition coefficient (Wildman–Crippen LogP) is 3.51. The number of aromatic hydroxyl groups is 1. The molecule has 3 N–H and O–H groups in total. The van der Waals surface area contributed by atoms with Gasteiger partial charge in [-0.1, -0.05) is 42.5 Å². The van der Waals surface area contributed by atoms with Crippen LogP contribution in [-0.4, -0.2) is 71.1 Å². The van der Waals surface area contributed by atoms with E-state index < -0.39 is 0 Å². The van der Waals surface area contributed by atoms with Gasteiger partial charge in [0.25, 0.3) is 5.91 Å². The Morgan fingerprint density at radius 2 is 1.61 bits per heavy atom. The van der Waals surface area contributed by atoms with Crippen molar-refractivity contribution in [3.8, 4) is 17.1 Å². The number of phenols is 1. The second-order valence-corrected chi connectivity index (χ2v) is 9.24. The van der Waals surface area contributed by atoms with Crippen molar-refractivity contribution in [2.45, 2.75) is 6.92 Å². The summed E-state index contributed by atoms with van der Waals surface area (Å²) in [5.41, 5.74) is 1.55. The van der Waals surface area contributed by atoms with Gasteiger partial charge in [-0.15, -0.1) is 0 Å². The second kappa shape index (κ2) is 11.2. The molecule has 0 unspecified atom stereocenters. The fraction of sp³-hybridized carbons (Fsp3) is 0.241. The molecule has 194 valence electrons. The summed E-state index contributed by atoms with van der Waals surface area (Å²) in [7, 11) is 0. The molecular formula is C29H30N6O3. The van der Waals surface area contributed by atoms with Gasteiger partial charge in [0.05, 0.1) is 0 Å². The van der Waals surface area contributed by atoms with Crippen LogP contribution in [0.1, 0.15) is 17.3 Å². The molecule has 38 heavy (non-hydrogen) atoms. The van der Waals surface area contributed by atoms with Gasteiger partial charge < -0.3 is 25.5 Å². The maximum atomic E-state index is 13.2. The highest BCUT2D eigenvalue weighted by Gasteiger charge is 2.24. The molecule has 4 aromatic rings. The third-order valence-corrected chi connectivity index (χ3v) is 6.51. The van der Waals surface area contributed by atoms with E-state index in [1.165, 1.54) is 6.92 Å². The van der Waals surface area contributed by atoms with Crippen LogP contribution in [0.4, 0.5) is 11.6 Å². The topological polar surface area (TPSA) is 111 Å². The minimum absolute atomic E-state index is 0.00684. The molecule has 1 fully saturated rings. The largest absolute Gasteiger partial charge is 0.508 e. The summed E-state index contributed by atoms with van der Waals surface area (Å²) in [5.74, 6) is 2.21. The highest BCUT2D eigenvalue weighted by molar-refractivity contribution is 5.99. The highest BCUT2D eigenvalue weighted by atomic mass is 16.3. The van der Waals surface area contributed by atoms with Crippen LogP contribution < -0.4 is 15.5 Å². The molecule has 0 aliphatic carbocycles. The number of piperazine rings is 1. The predicted molar refractivity (Wildman–Crippen MR) is 148 cm³/mol. The number of anilines is 2. The van der Waals surface area contributed by atoms with E-state index in [-0.39, 0.29) is 17.6 Å². The lowest BCUT2D eigenvalue weighted by atomic mass is 10.1. The second-order valence-electron chi connectivity index (χ2n) is 9.24. The van der Waals surface area contributed by atoms with Gasteiger partial charge in [0, 0.05) is 63.4 Å². The van der Waals surface area contributed by atoms with E-state index in [1.54, 1.807) is 12.1 Å². The molecule has 3 aromatic carbocycles. The lowest BCUT2D eigenvalue weighted by Gasteiger charge is -2.35. The molecule has 5 rings (SSSR count). The van der Waals surface area contributed by atoms with Crippen LogP contribution in [0.3, 0.4) is 0 Å². The molecule has 0 radical (unpaired) electrons. The number of amides is 2. The normalized spacial score (nSPS) is 13.4. The summed E-state index contributed by atoms with van der Waals surface area (Å²) >= 11 is 0. The number of rotatable bonds is 7. The minimum Gasteiger partial charge on any atom is -0.508 e. The zero-order valence-electron chi connectivity index (χ0n) is 21.2. The Kier molecular flexibility index (Phi) is 7.35. The van der Waals surface area contributed by atoms with Gasteiger partial charge in [-0.25, -0.2) is 9.97 Å². The summed E-state index contributed by atoms with van der Waals surface area (Å²) in [6, 6.07) is 22.4. The van der Waals surface area contributed by atoms with Crippen molar-refractivity contribution in [3.05, 3.63) is 78.4 Å². The molecule has 0 spiro atoms. The molecule has 9 heteroatoms. The first-order chi connectivity index (χ1) is 18.5. The van der Waals surface area contributed by atoms with Crippen LogP contribution in [-0.2, 0) is 4.79 Å². The van der Waals surface area contributed by atoms with Crippen molar-refractivity contribution in [2.24, 2.45) is 0 Å². The maximum absolute atomic E-state index is 13.2. The molecule has 2 heterocycles. The average molecular weight is 511 g/mol. The molecule has 1 saturated heterocycles. The van der Waals surface area contributed by atoms with Crippen molar-refractivity contribution in [1.82, 2.24) is 20.2 Å².